The maximum atomic E-state index is 6.00. The van der Waals surface area contributed by atoms with Crippen LogP contribution in [0.25, 0.3) is 11.4 Å². The minimum atomic E-state index is 0.455. The number of nitrogens with two attached hydrogens (primary N) is 1. The smallest absolute Gasteiger partial charge is 0.161 e. The summed E-state index contributed by atoms with van der Waals surface area (Å²) in [6, 6.07) is 5.59. The summed E-state index contributed by atoms with van der Waals surface area (Å²) >= 11 is 12.9. The number of aromatic nitrogens is 2. The maximum Gasteiger partial charge on any atom is 0.161 e. The van der Waals surface area contributed by atoms with Crippen molar-refractivity contribution >= 4 is 49.3 Å². The molecule has 0 aliphatic carbocycles. The Bertz CT molecular complexity index is 645. The molecule has 2 N–H and O–H groups in total. The predicted molar refractivity (Wildman–Crippen MR) is 90.8 cm³/mol. The normalized spacial score (nSPS) is 11.1. The number of benzene rings is 1. The van der Waals surface area contributed by atoms with Crippen LogP contribution < -0.4 is 5.73 Å². The van der Waals surface area contributed by atoms with E-state index in [9.17, 15) is 0 Å². The van der Waals surface area contributed by atoms with E-state index in [0.717, 1.165) is 26.6 Å². The standard InChI is InChI=1S/C14H14Br2ClN3/c1-7(2)5-11-12(16)13(18)20-14(19-11)8-3-4-10(17)9(15)6-8/h3-4,6-7H,5H2,1-2H3,(H2,18,19,20). The van der Waals surface area contributed by atoms with Gasteiger partial charge in [0, 0.05) is 10.0 Å². The maximum absolute atomic E-state index is 6.00. The Balaban J connectivity index is 2.51. The van der Waals surface area contributed by atoms with Crippen molar-refractivity contribution in [3.05, 3.63) is 37.9 Å². The molecule has 0 aliphatic heterocycles. The second-order valence-corrected chi connectivity index (χ2v) is 6.97. The van der Waals surface area contributed by atoms with E-state index >= 15 is 0 Å². The number of hydrogen-bond acceptors (Lipinski definition) is 3. The fourth-order valence-corrected chi connectivity index (χ4v) is 2.63. The number of halogens is 3. The minimum absolute atomic E-state index is 0.455. The summed E-state index contributed by atoms with van der Waals surface area (Å²) < 4.78 is 1.59. The molecule has 3 nitrogen and oxygen atoms in total. The highest BCUT2D eigenvalue weighted by Crippen LogP contribution is 2.30. The van der Waals surface area contributed by atoms with Crippen molar-refractivity contribution in [3.63, 3.8) is 0 Å². The van der Waals surface area contributed by atoms with Gasteiger partial charge in [-0.1, -0.05) is 25.4 Å². The number of anilines is 1. The third-order valence-corrected chi connectivity index (χ3v) is 4.80. The zero-order valence-corrected chi connectivity index (χ0v) is 15.1. The summed E-state index contributed by atoms with van der Waals surface area (Å²) in [4.78, 5) is 8.95. The van der Waals surface area contributed by atoms with Crippen LogP contribution in [0.3, 0.4) is 0 Å². The second kappa shape index (κ2) is 6.41. The fourth-order valence-electron chi connectivity index (χ4n) is 1.80. The molecule has 0 amide bonds. The molecule has 2 aromatic rings. The molecule has 0 bridgehead atoms. The van der Waals surface area contributed by atoms with E-state index in [-0.39, 0.29) is 0 Å². The molecule has 0 fully saturated rings. The van der Waals surface area contributed by atoms with Gasteiger partial charge < -0.3 is 5.73 Å². The van der Waals surface area contributed by atoms with Gasteiger partial charge in [-0.05, 0) is 62.4 Å². The molecular weight excluding hydrogens is 405 g/mol. The highest BCUT2D eigenvalue weighted by Gasteiger charge is 2.13. The lowest BCUT2D eigenvalue weighted by atomic mass is 10.1. The molecular formula is C14H14Br2ClN3. The number of nitrogens with zero attached hydrogens (tertiary/aromatic N) is 2. The van der Waals surface area contributed by atoms with Crippen LogP contribution in [-0.2, 0) is 6.42 Å². The Labute approximate surface area is 140 Å². The molecule has 1 heterocycles. The lowest BCUT2D eigenvalue weighted by Crippen LogP contribution is -2.05. The Kier molecular flexibility index (Phi) is 5.04. The van der Waals surface area contributed by atoms with Gasteiger partial charge in [0.05, 0.1) is 15.2 Å². The van der Waals surface area contributed by atoms with Crippen molar-refractivity contribution in [1.82, 2.24) is 9.97 Å². The zero-order chi connectivity index (χ0) is 14.9. The highest BCUT2D eigenvalue weighted by molar-refractivity contribution is 9.11. The number of rotatable bonds is 3. The van der Waals surface area contributed by atoms with Crippen LogP contribution in [0.2, 0.25) is 5.02 Å². The van der Waals surface area contributed by atoms with E-state index in [1.807, 2.05) is 18.2 Å². The first-order valence-corrected chi connectivity index (χ1v) is 8.12. The van der Waals surface area contributed by atoms with Gasteiger partial charge in [-0.2, -0.15) is 0 Å². The van der Waals surface area contributed by atoms with Crippen LogP contribution in [0.4, 0.5) is 5.82 Å². The molecule has 106 valence electrons. The summed E-state index contributed by atoms with van der Waals surface area (Å²) in [5, 5.41) is 0.654. The molecule has 1 aromatic heterocycles. The van der Waals surface area contributed by atoms with Crippen LogP contribution in [-0.4, -0.2) is 9.97 Å². The van der Waals surface area contributed by atoms with Crippen molar-refractivity contribution < 1.29 is 0 Å². The van der Waals surface area contributed by atoms with Gasteiger partial charge in [0.1, 0.15) is 5.82 Å². The van der Waals surface area contributed by atoms with Crippen molar-refractivity contribution in [1.29, 1.82) is 0 Å². The SMILES string of the molecule is CC(C)Cc1nc(-c2ccc(Cl)c(Br)c2)nc(N)c1Br. The Morgan fingerprint density at radius 2 is 1.95 bits per heavy atom. The third kappa shape index (κ3) is 3.51. The van der Waals surface area contributed by atoms with Crippen molar-refractivity contribution in [2.45, 2.75) is 20.3 Å². The van der Waals surface area contributed by atoms with Crippen LogP contribution in [0.1, 0.15) is 19.5 Å². The number of nitrogen functional groups attached to an aromatic ring is 1. The van der Waals surface area contributed by atoms with Crippen LogP contribution in [0.15, 0.2) is 27.1 Å². The van der Waals surface area contributed by atoms with E-state index in [4.69, 9.17) is 17.3 Å². The van der Waals surface area contributed by atoms with Gasteiger partial charge in [-0.25, -0.2) is 9.97 Å². The van der Waals surface area contributed by atoms with Crippen LogP contribution in [0.5, 0.6) is 0 Å². The van der Waals surface area contributed by atoms with Gasteiger partial charge in [-0.3, -0.25) is 0 Å². The van der Waals surface area contributed by atoms with Gasteiger partial charge >= 0.3 is 0 Å². The first-order chi connectivity index (χ1) is 9.38. The summed E-state index contributed by atoms with van der Waals surface area (Å²) in [7, 11) is 0. The van der Waals surface area contributed by atoms with Crippen molar-refractivity contribution in [2.24, 2.45) is 5.92 Å². The van der Waals surface area contributed by atoms with E-state index in [2.05, 4.69) is 55.7 Å². The lowest BCUT2D eigenvalue weighted by molar-refractivity contribution is 0.633. The third-order valence-electron chi connectivity index (χ3n) is 2.72. The monoisotopic (exact) mass is 417 g/mol. The molecule has 0 aliphatic rings. The van der Waals surface area contributed by atoms with Crippen molar-refractivity contribution in [3.8, 4) is 11.4 Å². The zero-order valence-electron chi connectivity index (χ0n) is 11.1. The first-order valence-electron chi connectivity index (χ1n) is 6.15. The summed E-state index contributed by atoms with van der Waals surface area (Å²) in [6.45, 7) is 4.28. The molecule has 6 heteroatoms. The van der Waals surface area contributed by atoms with Gasteiger partial charge in [-0.15, -0.1) is 0 Å². The van der Waals surface area contributed by atoms with Gasteiger partial charge in [0.15, 0.2) is 5.82 Å². The summed E-state index contributed by atoms with van der Waals surface area (Å²) in [5.41, 5.74) is 7.77. The average Bonchev–Trinajstić information content (AvgIpc) is 2.37. The Morgan fingerprint density at radius 1 is 1.25 bits per heavy atom. The van der Waals surface area contributed by atoms with Crippen LogP contribution in [0, 0.1) is 5.92 Å². The molecule has 0 saturated carbocycles. The topological polar surface area (TPSA) is 51.8 Å². The quantitative estimate of drug-likeness (QED) is 0.753. The van der Waals surface area contributed by atoms with Gasteiger partial charge in [0.2, 0.25) is 0 Å². The van der Waals surface area contributed by atoms with Gasteiger partial charge in [0.25, 0.3) is 0 Å². The molecule has 0 spiro atoms. The van der Waals surface area contributed by atoms with Crippen molar-refractivity contribution in [2.75, 3.05) is 5.73 Å². The molecule has 2 rings (SSSR count). The van der Waals surface area contributed by atoms with Crippen LogP contribution >= 0.6 is 43.5 Å². The van der Waals surface area contributed by atoms with E-state index in [1.54, 1.807) is 0 Å². The lowest BCUT2D eigenvalue weighted by Gasteiger charge is -2.11. The average molecular weight is 420 g/mol. The number of hydrogen-bond donors (Lipinski definition) is 1. The summed E-state index contributed by atoms with van der Waals surface area (Å²) in [6.07, 6.45) is 0.842. The second-order valence-electron chi connectivity index (χ2n) is 4.92. The largest absolute Gasteiger partial charge is 0.383 e. The first kappa shape index (κ1) is 15.7. The molecule has 0 atom stereocenters. The van der Waals surface area contributed by atoms with E-state index in [1.165, 1.54) is 0 Å². The minimum Gasteiger partial charge on any atom is -0.383 e. The highest BCUT2D eigenvalue weighted by atomic mass is 79.9. The molecule has 20 heavy (non-hydrogen) atoms. The fraction of sp³-hybridized carbons (Fsp3) is 0.286. The Hall–Kier alpha value is -0.650. The summed E-state index contributed by atoms with van der Waals surface area (Å²) in [5.74, 6) is 1.56. The van der Waals surface area contributed by atoms with E-state index in [0.29, 0.717) is 22.6 Å². The molecule has 0 unspecified atom stereocenters. The van der Waals surface area contributed by atoms with E-state index < -0.39 is 0 Å². The molecule has 0 saturated heterocycles. The predicted octanol–water partition coefficient (Wildman–Crippen LogP) is 5.10. The molecule has 1 aromatic carbocycles. The Morgan fingerprint density at radius 3 is 2.55 bits per heavy atom. The molecule has 0 radical (unpaired) electrons.